The van der Waals surface area contributed by atoms with Crippen molar-refractivity contribution in [3.8, 4) is 0 Å². The number of anilines is 1. The predicted octanol–water partition coefficient (Wildman–Crippen LogP) is 2.50. The van der Waals surface area contributed by atoms with Crippen LogP contribution in [0.1, 0.15) is 18.9 Å². The average molecular weight is 220 g/mol. The molecule has 0 aromatic heterocycles. The van der Waals surface area contributed by atoms with E-state index in [1.54, 1.807) is 7.11 Å². The topological polar surface area (TPSA) is 59.1 Å². The van der Waals surface area contributed by atoms with Crippen LogP contribution >= 0.6 is 0 Å². The molecule has 0 aliphatic carbocycles. The first kappa shape index (κ1) is 12.7. The molecule has 0 heterocycles. The third kappa shape index (κ3) is 3.66. The van der Waals surface area contributed by atoms with E-state index >= 15 is 0 Å². The number of nitrogens with two attached hydrogens (primary N) is 1. The molecular formula is C13H20N2O. The Morgan fingerprint density at radius 2 is 2.00 bits per heavy atom. The minimum Gasteiger partial charge on any atom is -0.399 e. The summed E-state index contributed by atoms with van der Waals surface area (Å²) >= 11 is 0. The van der Waals surface area contributed by atoms with E-state index in [2.05, 4.69) is 6.92 Å². The molecule has 0 aliphatic rings. The zero-order valence-corrected chi connectivity index (χ0v) is 9.99. The third-order valence-electron chi connectivity index (χ3n) is 2.73. The van der Waals surface area contributed by atoms with Crippen LogP contribution in [0.15, 0.2) is 24.3 Å². The largest absolute Gasteiger partial charge is 0.399 e. The Morgan fingerprint density at radius 3 is 2.50 bits per heavy atom. The molecule has 0 saturated heterocycles. The lowest BCUT2D eigenvalue weighted by molar-refractivity contribution is 0.173. The second kappa shape index (κ2) is 6.28. The first-order valence-corrected chi connectivity index (χ1v) is 5.58. The number of nitrogen functional groups attached to an aromatic ring is 1. The summed E-state index contributed by atoms with van der Waals surface area (Å²) < 4.78 is 5.11. The van der Waals surface area contributed by atoms with Crippen molar-refractivity contribution in [3.05, 3.63) is 29.8 Å². The minimum absolute atomic E-state index is 0.225. The molecule has 0 bridgehead atoms. The number of ether oxygens (including phenoxy) is 1. The molecule has 1 atom stereocenters. The van der Waals surface area contributed by atoms with Gasteiger partial charge >= 0.3 is 0 Å². The average Bonchev–Trinajstić information content (AvgIpc) is 2.29. The first-order chi connectivity index (χ1) is 7.67. The van der Waals surface area contributed by atoms with Crippen LogP contribution in [0.4, 0.5) is 5.69 Å². The van der Waals surface area contributed by atoms with Crippen molar-refractivity contribution in [2.24, 2.45) is 5.92 Å². The van der Waals surface area contributed by atoms with Crippen LogP contribution in [-0.2, 0) is 11.2 Å². The van der Waals surface area contributed by atoms with E-state index in [1.807, 2.05) is 24.3 Å². The molecule has 0 fully saturated rings. The highest BCUT2D eigenvalue weighted by Gasteiger charge is 2.12. The Kier molecular flexibility index (Phi) is 4.99. The summed E-state index contributed by atoms with van der Waals surface area (Å²) in [5.41, 5.74) is 8.24. The lowest BCUT2D eigenvalue weighted by Crippen LogP contribution is -2.20. The number of hydrogen-bond donors (Lipinski definition) is 2. The van der Waals surface area contributed by atoms with Crippen molar-refractivity contribution in [3.63, 3.8) is 0 Å². The van der Waals surface area contributed by atoms with E-state index in [4.69, 9.17) is 15.9 Å². The minimum atomic E-state index is 0.225. The predicted molar refractivity (Wildman–Crippen MR) is 67.9 cm³/mol. The number of methoxy groups -OCH3 is 1. The second-order valence-electron chi connectivity index (χ2n) is 4.00. The monoisotopic (exact) mass is 220 g/mol. The SMILES string of the molecule is CC[C@H](COC)C(=N)Cc1ccc(N)cc1. The van der Waals surface area contributed by atoms with Crippen LogP contribution in [0.25, 0.3) is 0 Å². The first-order valence-electron chi connectivity index (χ1n) is 5.58. The molecule has 1 aromatic carbocycles. The van der Waals surface area contributed by atoms with Gasteiger partial charge in [-0.1, -0.05) is 19.1 Å². The van der Waals surface area contributed by atoms with Gasteiger partial charge in [-0.05, 0) is 24.1 Å². The van der Waals surface area contributed by atoms with Crippen LogP contribution in [0.3, 0.4) is 0 Å². The number of hydrogen-bond acceptors (Lipinski definition) is 3. The molecule has 0 amide bonds. The van der Waals surface area contributed by atoms with Gasteiger partial charge in [0.2, 0.25) is 0 Å². The molecule has 3 heteroatoms. The van der Waals surface area contributed by atoms with Gasteiger partial charge in [0, 0.05) is 30.8 Å². The molecule has 0 spiro atoms. The molecule has 1 rings (SSSR count). The van der Waals surface area contributed by atoms with Crippen molar-refractivity contribution in [2.45, 2.75) is 19.8 Å². The zero-order chi connectivity index (χ0) is 12.0. The summed E-state index contributed by atoms with van der Waals surface area (Å²) in [6.07, 6.45) is 1.63. The van der Waals surface area contributed by atoms with Gasteiger partial charge in [-0.3, -0.25) is 0 Å². The van der Waals surface area contributed by atoms with Gasteiger partial charge in [-0.25, -0.2) is 0 Å². The molecule has 0 radical (unpaired) electrons. The van der Waals surface area contributed by atoms with Crippen molar-refractivity contribution in [2.75, 3.05) is 19.5 Å². The van der Waals surface area contributed by atoms with E-state index in [1.165, 1.54) is 0 Å². The summed E-state index contributed by atoms with van der Waals surface area (Å²) in [5.74, 6) is 0.225. The summed E-state index contributed by atoms with van der Waals surface area (Å²) in [4.78, 5) is 0. The maximum atomic E-state index is 8.03. The highest BCUT2D eigenvalue weighted by molar-refractivity contribution is 5.86. The van der Waals surface area contributed by atoms with Gasteiger partial charge in [0.1, 0.15) is 0 Å². The molecular weight excluding hydrogens is 200 g/mol. The lowest BCUT2D eigenvalue weighted by atomic mass is 9.95. The quantitative estimate of drug-likeness (QED) is 0.571. The molecule has 88 valence electrons. The summed E-state index contributed by atoms with van der Waals surface area (Å²) in [7, 11) is 1.68. The molecule has 0 unspecified atom stereocenters. The van der Waals surface area contributed by atoms with Gasteiger partial charge in [0.25, 0.3) is 0 Å². The van der Waals surface area contributed by atoms with E-state index in [-0.39, 0.29) is 5.92 Å². The Balaban J connectivity index is 2.59. The van der Waals surface area contributed by atoms with Crippen molar-refractivity contribution in [1.82, 2.24) is 0 Å². The fourth-order valence-electron chi connectivity index (χ4n) is 1.67. The van der Waals surface area contributed by atoms with Gasteiger partial charge in [-0.2, -0.15) is 0 Å². The Bertz CT molecular complexity index is 332. The lowest BCUT2D eigenvalue weighted by Gasteiger charge is -2.15. The summed E-state index contributed by atoms with van der Waals surface area (Å²) in [6, 6.07) is 7.70. The summed E-state index contributed by atoms with van der Waals surface area (Å²) in [6.45, 7) is 2.71. The van der Waals surface area contributed by atoms with Crippen LogP contribution in [-0.4, -0.2) is 19.4 Å². The van der Waals surface area contributed by atoms with Gasteiger partial charge in [0.15, 0.2) is 0 Å². The van der Waals surface area contributed by atoms with Crippen molar-refractivity contribution < 1.29 is 4.74 Å². The molecule has 0 saturated carbocycles. The molecule has 3 N–H and O–H groups in total. The normalized spacial score (nSPS) is 12.4. The molecule has 1 aromatic rings. The highest BCUT2D eigenvalue weighted by Crippen LogP contribution is 2.12. The van der Waals surface area contributed by atoms with E-state index in [9.17, 15) is 0 Å². The molecule has 16 heavy (non-hydrogen) atoms. The third-order valence-corrected chi connectivity index (χ3v) is 2.73. The van der Waals surface area contributed by atoms with E-state index < -0.39 is 0 Å². The summed E-state index contributed by atoms with van der Waals surface area (Å²) in [5, 5.41) is 8.03. The van der Waals surface area contributed by atoms with Crippen LogP contribution < -0.4 is 5.73 Å². The van der Waals surface area contributed by atoms with Crippen LogP contribution in [0.2, 0.25) is 0 Å². The number of nitrogens with one attached hydrogen (secondary N) is 1. The molecule has 0 aliphatic heterocycles. The Hall–Kier alpha value is -1.35. The highest BCUT2D eigenvalue weighted by atomic mass is 16.5. The maximum absolute atomic E-state index is 8.03. The second-order valence-corrected chi connectivity index (χ2v) is 4.00. The Labute approximate surface area is 97.1 Å². The molecule has 3 nitrogen and oxygen atoms in total. The van der Waals surface area contributed by atoms with E-state index in [0.717, 1.165) is 23.4 Å². The fourth-order valence-corrected chi connectivity index (χ4v) is 1.67. The van der Waals surface area contributed by atoms with Crippen LogP contribution in [0.5, 0.6) is 0 Å². The number of rotatable bonds is 6. The van der Waals surface area contributed by atoms with Crippen molar-refractivity contribution >= 4 is 11.4 Å². The zero-order valence-electron chi connectivity index (χ0n) is 9.99. The van der Waals surface area contributed by atoms with Crippen LogP contribution in [0, 0.1) is 11.3 Å². The van der Waals surface area contributed by atoms with Crippen molar-refractivity contribution in [1.29, 1.82) is 5.41 Å². The number of benzene rings is 1. The maximum Gasteiger partial charge on any atom is 0.0542 e. The smallest absolute Gasteiger partial charge is 0.0542 e. The van der Waals surface area contributed by atoms with Gasteiger partial charge in [-0.15, -0.1) is 0 Å². The van der Waals surface area contributed by atoms with Gasteiger partial charge < -0.3 is 15.9 Å². The van der Waals surface area contributed by atoms with Gasteiger partial charge in [0.05, 0.1) is 6.61 Å². The standard InChI is InChI=1S/C13H20N2O/c1-3-11(9-16-2)13(15)8-10-4-6-12(14)7-5-10/h4-7,11,15H,3,8-9,14H2,1-2H3/t11-/m1/s1. The Morgan fingerprint density at radius 1 is 1.38 bits per heavy atom. The van der Waals surface area contributed by atoms with E-state index in [0.29, 0.717) is 13.0 Å². The fraction of sp³-hybridized carbons (Fsp3) is 0.462.